The Morgan fingerprint density at radius 2 is 0.844 bits per heavy atom. The van der Waals surface area contributed by atoms with Crippen molar-refractivity contribution in [1.82, 2.24) is 0 Å². The van der Waals surface area contributed by atoms with Gasteiger partial charge in [-0.2, -0.15) is 0 Å². The highest BCUT2D eigenvalue weighted by Gasteiger charge is 2.25. The highest BCUT2D eigenvalue weighted by molar-refractivity contribution is 7.80. The molecule has 0 amide bonds. The first-order valence-electron chi connectivity index (χ1n) is 10.2. The van der Waals surface area contributed by atoms with Crippen LogP contribution in [0.25, 0.3) is 32.7 Å². The molecular weight excluding hydrogens is 415 g/mol. The summed E-state index contributed by atoms with van der Waals surface area (Å²) in [6.45, 7) is 0. The van der Waals surface area contributed by atoms with Gasteiger partial charge in [-0.3, -0.25) is 14.2 Å². The Morgan fingerprint density at radius 1 is 0.469 bits per heavy atom. The van der Waals surface area contributed by atoms with E-state index in [9.17, 15) is 14.2 Å². The smallest absolute Gasteiger partial charge is 0.249 e. The van der Waals surface area contributed by atoms with E-state index in [2.05, 4.69) is 24.3 Å². The van der Waals surface area contributed by atoms with E-state index in [0.717, 1.165) is 21.5 Å². The van der Waals surface area contributed by atoms with E-state index in [0.29, 0.717) is 11.1 Å². The molecule has 0 spiro atoms. The molecule has 6 rings (SSSR count). The molecule has 0 aromatic heterocycles. The van der Waals surface area contributed by atoms with Crippen molar-refractivity contribution in [1.29, 1.82) is 0 Å². The Bertz CT molecular complexity index is 1400. The van der Waals surface area contributed by atoms with Crippen molar-refractivity contribution in [3.8, 4) is 11.1 Å². The van der Waals surface area contributed by atoms with Crippen molar-refractivity contribution in [3.05, 3.63) is 120 Å². The number of rotatable bonds is 4. The van der Waals surface area contributed by atoms with Gasteiger partial charge in [-0.05, 0) is 56.9 Å². The van der Waals surface area contributed by atoms with Crippen LogP contribution in [0.3, 0.4) is 0 Å². The average Bonchev–Trinajstić information content (AvgIpc) is 2.84. The SMILES string of the molecule is O=C(c1ccc2ccccc2c1)[P](=O)C(=O)c1ccc2ccccc2c1.c1cc2ccc1-2. The molecule has 0 heterocycles. The highest BCUT2D eigenvalue weighted by Crippen LogP contribution is 2.33. The summed E-state index contributed by atoms with van der Waals surface area (Å²) < 4.78 is 12.6. The lowest BCUT2D eigenvalue weighted by Gasteiger charge is -2.10. The Morgan fingerprint density at radius 3 is 1.19 bits per heavy atom. The van der Waals surface area contributed by atoms with Crippen LogP contribution in [0.15, 0.2) is 109 Å². The Balaban J connectivity index is 0.000000306. The molecule has 32 heavy (non-hydrogen) atoms. The van der Waals surface area contributed by atoms with Crippen LogP contribution in [-0.2, 0) is 4.57 Å². The topological polar surface area (TPSA) is 51.2 Å². The molecule has 4 aromatic rings. The summed E-state index contributed by atoms with van der Waals surface area (Å²) in [5, 5.41) is 3.72. The lowest BCUT2D eigenvalue weighted by molar-refractivity contribution is 0.104. The first kappa shape index (κ1) is 20.0. The van der Waals surface area contributed by atoms with E-state index >= 15 is 0 Å². The molecule has 0 saturated carbocycles. The van der Waals surface area contributed by atoms with Crippen molar-refractivity contribution >= 4 is 40.4 Å². The lowest BCUT2D eigenvalue weighted by atomic mass is 9.95. The van der Waals surface area contributed by atoms with Crippen LogP contribution in [0.2, 0.25) is 0 Å². The summed E-state index contributed by atoms with van der Waals surface area (Å²) in [6, 6.07) is 33.9. The summed E-state index contributed by atoms with van der Waals surface area (Å²) in [7, 11) is -2.69. The normalized spacial score (nSPS) is 10.9. The molecule has 1 radical (unpaired) electrons. The third-order valence-electron chi connectivity index (χ3n) is 5.58. The van der Waals surface area contributed by atoms with Gasteiger partial charge in [-0.15, -0.1) is 0 Å². The summed E-state index contributed by atoms with van der Waals surface area (Å²) in [6.07, 6.45) is 0. The van der Waals surface area contributed by atoms with Crippen LogP contribution in [0.1, 0.15) is 20.7 Å². The summed E-state index contributed by atoms with van der Waals surface area (Å²) in [5.41, 5.74) is 2.16. The van der Waals surface area contributed by atoms with E-state index < -0.39 is 18.8 Å². The summed E-state index contributed by atoms with van der Waals surface area (Å²) >= 11 is 0. The van der Waals surface area contributed by atoms with Crippen molar-refractivity contribution in [3.63, 3.8) is 0 Å². The zero-order valence-electron chi connectivity index (χ0n) is 17.1. The Hall–Kier alpha value is -3.94. The molecular formula is C28H18O3P. The van der Waals surface area contributed by atoms with Crippen LogP contribution < -0.4 is 0 Å². The maximum atomic E-state index is 12.6. The fourth-order valence-corrected chi connectivity index (χ4v) is 4.57. The van der Waals surface area contributed by atoms with Gasteiger partial charge in [0, 0.05) is 11.1 Å². The zero-order valence-corrected chi connectivity index (χ0v) is 18.0. The van der Waals surface area contributed by atoms with E-state index in [-0.39, 0.29) is 0 Å². The van der Waals surface area contributed by atoms with Crippen molar-refractivity contribution < 1.29 is 14.2 Å². The van der Waals surface area contributed by atoms with Crippen molar-refractivity contribution in [2.75, 3.05) is 0 Å². The van der Waals surface area contributed by atoms with Gasteiger partial charge in [0.15, 0.2) is 0 Å². The van der Waals surface area contributed by atoms with Gasteiger partial charge in [0.1, 0.15) is 0 Å². The molecule has 3 nitrogen and oxygen atoms in total. The van der Waals surface area contributed by atoms with Crippen LogP contribution in [-0.4, -0.2) is 11.0 Å². The van der Waals surface area contributed by atoms with Crippen LogP contribution in [0.4, 0.5) is 0 Å². The second-order valence-corrected chi connectivity index (χ2v) is 9.01. The molecule has 0 N–H and O–H groups in total. The molecule has 0 saturated heterocycles. The lowest BCUT2D eigenvalue weighted by Crippen LogP contribution is -2.01. The molecule has 4 heteroatoms. The molecule has 0 atom stereocenters. The first-order valence-corrected chi connectivity index (χ1v) is 11.5. The van der Waals surface area contributed by atoms with E-state index in [4.69, 9.17) is 0 Å². The van der Waals surface area contributed by atoms with Crippen LogP contribution in [0, 0.1) is 0 Å². The molecule has 2 aliphatic carbocycles. The van der Waals surface area contributed by atoms with Gasteiger partial charge in [0.25, 0.3) is 0 Å². The summed E-state index contributed by atoms with van der Waals surface area (Å²) in [5.74, 6) is 0. The second kappa shape index (κ2) is 8.30. The van der Waals surface area contributed by atoms with Gasteiger partial charge < -0.3 is 0 Å². The predicted octanol–water partition coefficient (Wildman–Crippen LogP) is 7.47. The number of carbonyl (C=O) groups excluding carboxylic acids is 2. The van der Waals surface area contributed by atoms with Gasteiger partial charge in [-0.25, -0.2) is 0 Å². The third-order valence-corrected chi connectivity index (χ3v) is 6.83. The number of hydrogen-bond donors (Lipinski definition) is 0. The quantitative estimate of drug-likeness (QED) is 0.271. The standard InChI is InChI=1S/C22H14O3P.C6H4/c23-21(19-11-9-15-5-1-3-7-17(15)13-19)26(25)22(24)20-12-10-16-6-2-4-8-18(16)14-20;1-2-6-4-3-5(1)6/h1-14H;1-4H. The molecule has 0 unspecified atom stereocenters. The monoisotopic (exact) mass is 433 g/mol. The van der Waals surface area contributed by atoms with Gasteiger partial charge in [-0.1, -0.05) is 84.9 Å². The minimum Gasteiger partial charge on any atom is -0.281 e. The Kier molecular flexibility index (Phi) is 5.18. The maximum Gasteiger partial charge on any atom is 0.249 e. The summed E-state index contributed by atoms with van der Waals surface area (Å²) in [4.78, 5) is 25.1. The molecule has 0 aliphatic heterocycles. The number of carbonyl (C=O) groups is 2. The van der Waals surface area contributed by atoms with Gasteiger partial charge >= 0.3 is 0 Å². The fraction of sp³-hybridized carbons (Fsp3) is 0. The zero-order chi connectivity index (χ0) is 22.1. The van der Waals surface area contributed by atoms with Gasteiger partial charge in [0.2, 0.25) is 18.8 Å². The van der Waals surface area contributed by atoms with Crippen LogP contribution in [0.5, 0.6) is 0 Å². The largest absolute Gasteiger partial charge is 0.281 e. The van der Waals surface area contributed by atoms with Crippen LogP contribution >= 0.6 is 7.80 Å². The van der Waals surface area contributed by atoms with Crippen molar-refractivity contribution in [2.45, 2.75) is 0 Å². The molecule has 0 bridgehead atoms. The molecule has 2 aliphatic rings. The number of hydrogen-bond acceptors (Lipinski definition) is 3. The minimum atomic E-state index is -2.69. The Labute approximate surface area is 186 Å². The van der Waals surface area contributed by atoms with Gasteiger partial charge in [0.05, 0.1) is 0 Å². The highest BCUT2D eigenvalue weighted by atomic mass is 31.1. The van der Waals surface area contributed by atoms with Crippen molar-refractivity contribution in [2.24, 2.45) is 0 Å². The molecule has 0 fully saturated rings. The molecule has 153 valence electrons. The predicted molar refractivity (Wildman–Crippen MR) is 130 cm³/mol. The van der Waals surface area contributed by atoms with E-state index in [1.165, 1.54) is 11.1 Å². The van der Waals surface area contributed by atoms with E-state index in [1.54, 1.807) is 36.4 Å². The number of benzene rings is 5. The maximum absolute atomic E-state index is 12.6. The minimum absolute atomic E-state index is 0.291. The first-order chi connectivity index (χ1) is 15.6. The number of fused-ring (bicyclic) bond motifs is 3. The van der Waals surface area contributed by atoms with E-state index in [1.807, 2.05) is 48.5 Å². The third kappa shape index (κ3) is 3.75. The molecule has 4 aromatic carbocycles. The fourth-order valence-electron chi connectivity index (χ4n) is 3.63. The average molecular weight is 433 g/mol. The second-order valence-electron chi connectivity index (χ2n) is 7.61.